The maximum absolute atomic E-state index is 14.2. The molecule has 1 saturated carbocycles. The Morgan fingerprint density at radius 1 is 1.05 bits per heavy atom. The molecule has 2 N–H and O–H groups in total. The van der Waals surface area contributed by atoms with Crippen molar-refractivity contribution in [2.24, 2.45) is 0 Å². The van der Waals surface area contributed by atoms with Crippen LogP contribution in [0, 0.1) is 0 Å². The van der Waals surface area contributed by atoms with Crippen molar-refractivity contribution in [3.8, 4) is 27.4 Å². The van der Waals surface area contributed by atoms with Crippen LogP contribution in [0.4, 0.5) is 26.3 Å². The minimum absolute atomic E-state index is 0.0453. The number of benzene rings is 1. The van der Waals surface area contributed by atoms with Crippen LogP contribution in [0.3, 0.4) is 0 Å². The fourth-order valence-corrected chi connectivity index (χ4v) is 5.81. The Kier molecular flexibility index (Phi) is 9.78. The number of pyridine rings is 1. The number of amides is 1. The summed E-state index contributed by atoms with van der Waals surface area (Å²) in [6.07, 6.45) is -6.99. The maximum Gasteiger partial charge on any atom is 0.417 e. The number of hydrogen-bond acceptors (Lipinski definition) is 5. The number of aryl methyl sites for hydroxylation is 1. The molecule has 0 bridgehead atoms. The van der Waals surface area contributed by atoms with Gasteiger partial charge in [-0.05, 0) is 86.9 Å². The predicted molar refractivity (Wildman–Crippen MR) is 148 cm³/mol. The molecule has 222 valence electrons. The third-order valence-electron chi connectivity index (χ3n) is 6.34. The molecule has 3 aromatic rings. The monoisotopic (exact) mass is 618 g/mol. The number of carbonyl (C=O) groups excluding carboxylic acids is 1. The summed E-state index contributed by atoms with van der Waals surface area (Å²) in [5.41, 5.74) is -2.24. The molecule has 0 unspecified atom stereocenters. The molecule has 13 heteroatoms. The van der Waals surface area contributed by atoms with Crippen molar-refractivity contribution in [2.75, 3.05) is 6.61 Å². The Bertz CT molecular complexity index is 1430. The van der Waals surface area contributed by atoms with Gasteiger partial charge in [-0.3, -0.25) is 14.3 Å². The van der Waals surface area contributed by atoms with Gasteiger partial charge in [0.05, 0.1) is 12.2 Å². The molecule has 0 saturated heterocycles. The van der Waals surface area contributed by atoms with Crippen molar-refractivity contribution in [3.63, 3.8) is 0 Å². The SMILES string of the molecule is CCc1ccc(-c2cc(-c3ccc(OCCCCCC(F)(F)F)cc3C(F)(F)F)[nH]c(=O)c2C(=O)NSC2CC2)s1. The quantitative estimate of drug-likeness (QED) is 0.122. The third kappa shape index (κ3) is 8.54. The Morgan fingerprint density at radius 3 is 2.44 bits per heavy atom. The predicted octanol–water partition coefficient (Wildman–Crippen LogP) is 8.39. The van der Waals surface area contributed by atoms with Crippen LogP contribution in [0.15, 0.2) is 41.2 Å². The van der Waals surface area contributed by atoms with E-state index >= 15 is 0 Å². The second-order valence-electron chi connectivity index (χ2n) is 9.65. The highest BCUT2D eigenvalue weighted by atomic mass is 32.2. The first kappa shape index (κ1) is 31.0. The molecule has 0 aliphatic heterocycles. The highest BCUT2D eigenvalue weighted by Gasteiger charge is 2.35. The summed E-state index contributed by atoms with van der Waals surface area (Å²) in [6.45, 7) is 1.90. The van der Waals surface area contributed by atoms with E-state index in [4.69, 9.17) is 4.74 Å². The van der Waals surface area contributed by atoms with Gasteiger partial charge >= 0.3 is 12.4 Å². The van der Waals surface area contributed by atoms with Gasteiger partial charge in [-0.2, -0.15) is 26.3 Å². The van der Waals surface area contributed by atoms with Gasteiger partial charge in [-0.25, -0.2) is 0 Å². The first-order valence-corrected chi connectivity index (χ1v) is 14.8. The van der Waals surface area contributed by atoms with Crippen molar-refractivity contribution in [3.05, 3.63) is 62.8 Å². The second-order valence-corrected chi connectivity index (χ2v) is 11.9. The number of aromatic nitrogens is 1. The third-order valence-corrected chi connectivity index (χ3v) is 8.71. The zero-order valence-corrected chi connectivity index (χ0v) is 23.6. The fourth-order valence-electron chi connectivity index (χ4n) is 4.09. The normalized spacial score (nSPS) is 13.8. The van der Waals surface area contributed by atoms with Gasteiger partial charge in [-0.15, -0.1) is 11.3 Å². The molecule has 4 rings (SSSR count). The lowest BCUT2D eigenvalue weighted by atomic mass is 9.99. The number of rotatable bonds is 12. The molecule has 2 heterocycles. The average Bonchev–Trinajstić information content (AvgIpc) is 3.61. The minimum Gasteiger partial charge on any atom is -0.494 e. The number of carbonyl (C=O) groups is 1. The Balaban J connectivity index is 1.64. The summed E-state index contributed by atoms with van der Waals surface area (Å²) in [5.74, 6) is -0.718. The summed E-state index contributed by atoms with van der Waals surface area (Å²) >= 11 is 2.58. The van der Waals surface area contributed by atoms with Crippen molar-refractivity contribution < 1.29 is 35.9 Å². The molecule has 0 spiro atoms. The molecule has 1 amide bonds. The number of hydrogen-bond donors (Lipinski definition) is 2. The molecule has 1 aliphatic carbocycles. The van der Waals surface area contributed by atoms with Gasteiger partial charge < -0.3 is 9.72 Å². The first-order chi connectivity index (χ1) is 19.4. The Morgan fingerprint density at radius 2 is 1.80 bits per heavy atom. The number of nitrogens with one attached hydrogen (secondary N) is 2. The molecule has 2 aromatic heterocycles. The van der Waals surface area contributed by atoms with Gasteiger partial charge in [0.25, 0.3) is 11.5 Å². The fraction of sp³-hybridized carbons (Fsp3) is 0.429. The van der Waals surface area contributed by atoms with Crippen LogP contribution < -0.4 is 15.0 Å². The molecule has 41 heavy (non-hydrogen) atoms. The lowest BCUT2D eigenvalue weighted by Crippen LogP contribution is -2.27. The van der Waals surface area contributed by atoms with Crippen molar-refractivity contribution in [1.29, 1.82) is 0 Å². The Labute approximate surface area is 240 Å². The van der Waals surface area contributed by atoms with Gasteiger partial charge in [0.1, 0.15) is 11.3 Å². The standard InChI is InChI=1S/C28H28F6N2O3S2/c1-2-17-9-11-23(40-17)20-15-22(35-25(37)24(20)26(38)36-41-18-7-8-18)19-10-6-16(14-21(19)28(32,33)34)39-13-5-3-4-12-27(29,30)31/h6,9-11,14-15,18H,2-5,7-8,12-13H2,1H3,(H,35,37)(H,36,38). The van der Waals surface area contributed by atoms with E-state index in [2.05, 4.69) is 9.71 Å². The molecule has 1 fully saturated rings. The van der Waals surface area contributed by atoms with Crippen molar-refractivity contribution in [1.82, 2.24) is 9.71 Å². The van der Waals surface area contributed by atoms with E-state index in [-0.39, 0.29) is 59.3 Å². The molecular formula is C28H28F6N2O3S2. The Hall–Kier alpha value is -2.93. The molecule has 0 atom stereocenters. The lowest BCUT2D eigenvalue weighted by Gasteiger charge is -2.17. The van der Waals surface area contributed by atoms with E-state index in [1.165, 1.54) is 41.5 Å². The molecule has 1 aliphatic rings. The summed E-state index contributed by atoms with van der Waals surface area (Å²) in [6, 6.07) is 8.25. The van der Waals surface area contributed by atoms with Gasteiger partial charge in [-0.1, -0.05) is 6.92 Å². The zero-order chi connectivity index (χ0) is 29.8. The van der Waals surface area contributed by atoms with Gasteiger partial charge in [0, 0.05) is 38.2 Å². The highest BCUT2D eigenvalue weighted by Crippen LogP contribution is 2.40. The summed E-state index contributed by atoms with van der Waals surface area (Å²) in [5, 5.41) is 0.282. The van der Waals surface area contributed by atoms with E-state index in [1.54, 1.807) is 6.07 Å². The van der Waals surface area contributed by atoms with E-state index in [0.717, 1.165) is 23.8 Å². The van der Waals surface area contributed by atoms with Crippen molar-refractivity contribution >= 4 is 29.2 Å². The number of thiophene rings is 1. The number of halogens is 6. The lowest BCUT2D eigenvalue weighted by molar-refractivity contribution is -0.137. The average molecular weight is 619 g/mol. The molecule has 0 radical (unpaired) electrons. The number of H-pyrrole nitrogens is 1. The van der Waals surface area contributed by atoms with Crippen molar-refractivity contribution in [2.45, 2.75) is 69.5 Å². The van der Waals surface area contributed by atoms with Crippen LogP contribution >= 0.6 is 23.3 Å². The smallest absolute Gasteiger partial charge is 0.417 e. The van der Waals surface area contributed by atoms with Crippen LogP contribution in [0.5, 0.6) is 5.75 Å². The molecular weight excluding hydrogens is 590 g/mol. The summed E-state index contributed by atoms with van der Waals surface area (Å²) in [4.78, 5) is 30.2. The second kappa shape index (κ2) is 12.9. The topological polar surface area (TPSA) is 71.2 Å². The highest BCUT2D eigenvalue weighted by molar-refractivity contribution is 7.98. The van der Waals surface area contributed by atoms with E-state index < -0.39 is 35.8 Å². The molecule has 1 aromatic carbocycles. The van der Waals surface area contributed by atoms with E-state index in [0.29, 0.717) is 11.3 Å². The van der Waals surface area contributed by atoms with Crippen LogP contribution in [-0.2, 0) is 12.6 Å². The minimum atomic E-state index is -4.81. The van der Waals surface area contributed by atoms with Crippen LogP contribution in [-0.4, -0.2) is 28.9 Å². The summed E-state index contributed by atoms with van der Waals surface area (Å²) in [7, 11) is 0. The van der Waals surface area contributed by atoms with E-state index in [1.807, 2.05) is 13.0 Å². The van der Waals surface area contributed by atoms with Crippen LogP contribution in [0.25, 0.3) is 21.7 Å². The molecule has 5 nitrogen and oxygen atoms in total. The number of unbranched alkanes of at least 4 members (excludes halogenated alkanes) is 2. The number of aromatic amines is 1. The first-order valence-electron chi connectivity index (χ1n) is 13.1. The number of alkyl halides is 6. The zero-order valence-electron chi connectivity index (χ0n) is 22.0. The maximum atomic E-state index is 14.2. The van der Waals surface area contributed by atoms with E-state index in [9.17, 15) is 35.9 Å². The van der Waals surface area contributed by atoms with Crippen LogP contribution in [0.1, 0.15) is 66.2 Å². The largest absolute Gasteiger partial charge is 0.494 e. The van der Waals surface area contributed by atoms with Gasteiger partial charge in [0.2, 0.25) is 0 Å². The van der Waals surface area contributed by atoms with Crippen LogP contribution in [0.2, 0.25) is 0 Å². The number of ether oxygens (including phenoxy) is 1. The summed E-state index contributed by atoms with van der Waals surface area (Å²) < 4.78 is 87.4. The van der Waals surface area contributed by atoms with Gasteiger partial charge in [0.15, 0.2) is 0 Å².